The van der Waals surface area contributed by atoms with Crippen molar-refractivity contribution in [3.8, 4) is 5.75 Å². The van der Waals surface area contributed by atoms with E-state index in [0.717, 1.165) is 37.4 Å². The first-order chi connectivity index (χ1) is 13.6. The molecule has 2 aromatic rings. The number of aromatic carboxylic acids is 1. The molecule has 6 nitrogen and oxygen atoms in total. The lowest BCUT2D eigenvalue weighted by Gasteiger charge is -2.22. The molecule has 3 rings (SSSR count). The molecule has 0 unspecified atom stereocenters. The third-order valence-corrected chi connectivity index (χ3v) is 5.23. The van der Waals surface area contributed by atoms with Gasteiger partial charge in [0.15, 0.2) is 11.4 Å². The molecular weight excluding hydrogens is 390 g/mol. The van der Waals surface area contributed by atoms with E-state index in [2.05, 4.69) is 15.3 Å². The van der Waals surface area contributed by atoms with Gasteiger partial charge in [0.1, 0.15) is 12.4 Å². The number of rotatable bonds is 9. The lowest BCUT2D eigenvalue weighted by atomic mass is 9.92. The Hall–Kier alpha value is -2.18. The Kier molecular flexibility index (Phi) is 9.35. The summed E-state index contributed by atoms with van der Waals surface area (Å²) in [6.07, 6.45) is 6.54. The smallest absolute Gasteiger partial charge is 0.358 e. The highest BCUT2D eigenvalue weighted by Crippen LogP contribution is 2.23. The molecule has 1 aromatic heterocycles. The Morgan fingerprint density at radius 2 is 1.90 bits per heavy atom. The number of ether oxygens (including phenoxy) is 1. The monoisotopic (exact) mass is 419 g/mol. The summed E-state index contributed by atoms with van der Waals surface area (Å²) in [4.78, 5) is 20.5. The SMILES string of the molecule is Cc1nc(CCCCC2CCNCC2)nc(C(=O)O)c1OCc1ccccc1.Cl. The van der Waals surface area contributed by atoms with Crippen molar-refractivity contribution in [2.75, 3.05) is 13.1 Å². The molecule has 1 aliphatic heterocycles. The van der Waals surface area contributed by atoms with Gasteiger partial charge in [-0.1, -0.05) is 43.2 Å². The molecule has 1 aromatic carbocycles. The van der Waals surface area contributed by atoms with Crippen LogP contribution >= 0.6 is 12.4 Å². The third-order valence-electron chi connectivity index (χ3n) is 5.23. The summed E-state index contributed by atoms with van der Waals surface area (Å²) in [5, 5.41) is 13.0. The molecule has 1 aliphatic rings. The molecule has 0 spiro atoms. The topological polar surface area (TPSA) is 84.3 Å². The van der Waals surface area contributed by atoms with Crippen LogP contribution in [-0.2, 0) is 13.0 Å². The van der Waals surface area contributed by atoms with E-state index < -0.39 is 5.97 Å². The van der Waals surface area contributed by atoms with Crippen LogP contribution in [0.25, 0.3) is 0 Å². The fourth-order valence-electron chi connectivity index (χ4n) is 3.67. The van der Waals surface area contributed by atoms with Crippen LogP contribution in [0, 0.1) is 12.8 Å². The standard InChI is InChI=1S/C22H29N3O3.ClH/c1-16-21(28-15-18-8-3-2-4-9-18)20(22(26)27)25-19(24-16)10-6-5-7-17-11-13-23-14-12-17;/h2-4,8-9,17,23H,5-7,10-15H2,1H3,(H,26,27);1H. The van der Waals surface area contributed by atoms with Crippen LogP contribution in [0.15, 0.2) is 30.3 Å². The molecule has 0 aliphatic carbocycles. The van der Waals surface area contributed by atoms with Crippen molar-refractivity contribution in [1.29, 1.82) is 0 Å². The quantitative estimate of drug-likeness (QED) is 0.592. The van der Waals surface area contributed by atoms with Gasteiger partial charge in [-0.15, -0.1) is 12.4 Å². The number of halogens is 1. The highest BCUT2D eigenvalue weighted by molar-refractivity contribution is 5.88. The number of carboxylic acid groups (broad SMARTS) is 1. The maximum atomic E-state index is 11.7. The van der Waals surface area contributed by atoms with Crippen molar-refractivity contribution >= 4 is 18.4 Å². The van der Waals surface area contributed by atoms with Crippen LogP contribution in [0.1, 0.15) is 59.7 Å². The van der Waals surface area contributed by atoms with Gasteiger partial charge < -0.3 is 15.2 Å². The van der Waals surface area contributed by atoms with Crippen LogP contribution in [0.3, 0.4) is 0 Å². The number of nitrogens with one attached hydrogen (secondary N) is 1. The minimum atomic E-state index is -1.08. The van der Waals surface area contributed by atoms with Crippen LogP contribution in [0.5, 0.6) is 5.75 Å². The molecular formula is C22H30ClN3O3. The molecule has 2 N–H and O–H groups in total. The van der Waals surface area contributed by atoms with Gasteiger partial charge in [-0.3, -0.25) is 0 Å². The van der Waals surface area contributed by atoms with E-state index in [0.29, 0.717) is 24.5 Å². The van der Waals surface area contributed by atoms with Gasteiger partial charge in [0, 0.05) is 6.42 Å². The van der Waals surface area contributed by atoms with Gasteiger partial charge in [-0.05, 0) is 50.8 Å². The van der Waals surface area contributed by atoms with E-state index in [9.17, 15) is 9.90 Å². The summed E-state index contributed by atoms with van der Waals surface area (Å²) in [6.45, 7) is 4.33. The molecule has 158 valence electrons. The van der Waals surface area contributed by atoms with Gasteiger partial charge >= 0.3 is 5.97 Å². The first-order valence-electron chi connectivity index (χ1n) is 10.1. The number of benzene rings is 1. The summed E-state index contributed by atoms with van der Waals surface area (Å²) in [5.74, 6) is 0.582. The van der Waals surface area contributed by atoms with E-state index >= 15 is 0 Å². The number of hydrogen-bond acceptors (Lipinski definition) is 5. The highest BCUT2D eigenvalue weighted by Gasteiger charge is 2.19. The lowest BCUT2D eigenvalue weighted by Crippen LogP contribution is -2.27. The first-order valence-corrected chi connectivity index (χ1v) is 10.1. The fraction of sp³-hybridized carbons (Fsp3) is 0.500. The summed E-state index contributed by atoms with van der Waals surface area (Å²) in [5.41, 5.74) is 1.51. The third kappa shape index (κ3) is 6.98. The summed E-state index contributed by atoms with van der Waals surface area (Å²) < 4.78 is 5.76. The number of carbonyl (C=O) groups is 1. The molecule has 2 heterocycles. The highest BCUT2D eigenvalue weighted by atomic mass is 35.5. The van der Waals surface area contributed by atoms with Crippen molar-refractivity contribution in [3.63, 3.8) is 0 Å². The van der Waals surface area contributed by atoms with E-state index in [1.54, 1.807) is 6.92 Å². The summed E-state index contributed by atoms with van der Waals surface area (Å²) >= 11 is 0. The molecule has 0 amide bonds. The lowest BCUT2D eigenvalue weighted by molar-refractivity contribution is 0.0683. The predicted octanol–water partition coefficient (Wildman–Crippen LogP) is 4.20. The first kappa shape index (κ1) is 23.1. The minimum absolute atomic E-state index is 0. The second kappa shape index (κ2) is 11.7. The van der Waals surface area contributed by atoms with Gasteiger partial charge in [-0.25, -0.2) is 14.8 Å². The van der Waals surface area contributed by atoms with Crippen LogP contribution in [-0.4, -0.2) is 34.1 Å². The molecule has 29 heavy (non-hydrogen) atoms. The zero-order valence-electron chi connectivity index (χ0n) is 16.9. The fourth-order valence-corrected chi connectivity index (χ4v) is 3.67. The van der Waals surface area contributed by atoms with Crippen LogP contribution < -0.4 is 10.1 Å². The van der Waals surface area contributed by atoms with Crippen LogP contribution in [0.4, 0.5) is 0 Å². The zero-order valence-corrected chi connectivity index (χ0v) is 17.7. The van der Waals surface area contributed by atoms with Crippen molar-refractivity contribution in [3.05, 3.63) is 53.1 Å². The molecule has 7 heteroatoms. The van der Waals surface area contributed by atoms with E-state index in [4.69, 9.17) is 4.74 Å². The average molecular weight is 420 g/mol. The molecule has 0 bridgehead atoms. The molecule has 1 fully saturated rings. The van der Waals surface area contributed by atoms with Gasteiger partial charge in [-0.2, -0.15) is 0 Å². The summed E-state index contributed by atoms with van der Waals surface area (Å²) in [7, 11) is 0. The van der Waals surface area contributed by atoms with Gasteiger partial charge in [0.2, 0.25) is 0 Å². The Bertz CT molecular complexity index is 780. The van der Waals surface area contributed by atoms with E-state index in [1.165, 1.54) is 19.3 Å². The normalized spacial score (nSPS) is 14.2. The second-order valence-corrected chi connectivity index (χ2v) is 7.42. The Labute approximate surface area is 178 Å². The number of aromatic nitrogens is 2. The second-order valence-electron chi connectivity index (χ2n) is 7.42. The van der Waals surface area contributed by atoms with Crippen molar-refractivity contribution in [2.24, 2.45) is 5.92 Å². The number of unbranched alkanes of at least 4 members (excludes halogenated alkanes) is 1. The Morgan fingerprint density at radius 1 is 1.17 bits per heavy atom. The number of hydrogen-bond donors (Lipinski definition) is 2. The predicted molar refractivity (Wildman–Crippen MR) is 115 cm³/mol. The molecule has 0 atom stereocenters. The number of aryl methyl sites for hydroxylation is 2. The number of carboxylic acids is 1. The minimum Gasteiger partial charge on any atom is -0.484 e. The number of piperidine rings is 1. The van der Waals surface area contributed by atoms with Crippen molar-refractivity contribution < 1.29 is 14.6 Å². The zero-order chi connectivity index (χ0) is 19.8. The van der Waals surface area contributed by atoms with Crippen LogP contribution in [0.2, 0.25) is 0 Å². The Morgan fingerprint density at radius 3 is 2.59 bits per heavy atom. The maximum Gasteiger partial charge on any atom is 0.358 e. The van der Waals surface area contributed by atoms with Crippen molar-refractivity contribution in [2.45, 2.75) is 52.1 Å². The van der Waals surface area contributed by atoms with E-state index in [-0.39, 0.29) is 23.9 Å². The molecule has 1 saturated heterocycles. The average Bonchev–Trinajstić information content (AvgIpc) is 2.71. The molecule has 0 radical (unpaired) electrons. The largest absolute Gasteiger partial charge is 0.484 e. The van der Waals surface area contributed by atoms with E-state index in [1.807, 2.05) is 30.3 Å². The molecule has 0 saturated carbocycles. The van der Waals surface area contributed by atoms with Crippen molar-refractivity contribution in [1.82, 2.24) is 15.3 Å². The van der Waals surface area contributed by atoms with Gasteiger partial charge in [0.25, 0.3) is 0 Å². The Balaban J connectivity index is 0.00000300. The van der Waals surface area contributed by atoms with Gasteiger partial charge in [0.05, 0.1) is 5.69 Å². The number of nitrogens with zero attached hydrogens (tertiary/aromatic N) is 2. The maximum absolute atomic E-state index is 11.7. The summed E-state index contributed by atoms with van der Waals surface area (Å²) in [6, 6.07) is 9.65.